The topological polar surface area (TPSA) is 73.2 Å². The SMILES string of the molecule is Cn1nc(CC(=O)NC2CCOc3ccc(Br)cc32)c2ccccc2c1=O. The van der Waals surface area contributed by atoms with Crippen molar-refractivity contribution in [3.05, 3.63) is 68.5 Å². The quantitative estimate of drug-likeness (QED) is 0.697. The van der Waals surface area contributed by atoms with Crippen LogP contribution in [0.25, 0.3) is 10.8 Å². The minimum absolute atomic E-state index is 0.106. The lowest BCUT2D eigenvalue weighted by Crippen LogP contribution is -2.34. The zero-order chi connectivity index (χ0) is 19.0. The first-order valence-electron chi connectivity index (χ1n) is 8.69. The largest absolute Gasteiger partial charge is 0.493 e. The van der Waals surface area contributed by atoms with E-state index in [9.17, 15) is 9.59 Å². The summed E-state index contributed by atoms with van der Waals surface area (Å²) >= 11 is 3.47. The van der Waals surface area contributed by atoms with Gasteiger partial charge < -0.3 is 10.1 Å². The Labute approximate surface area is 164 Å². The molecule has 0 aliphatic carbocycles. The summed E-state index contributed by atoms with van der Waals surface area (Å²) in [5.41, 5.74) is 1.38. The van der Waals surface area contributed by atoms with E-state index in [0.29, 0.717) is 29.5 Å². The average molecular weight is 428 g/mol. The number of fused-ring (bicyclic) bond motifs is 2. The second-order valence-corrected chi connectivity index (χ2v) is 7.45. The Bertz CT molecular complexity index is 1090. The maximum Gasteiger partial charge on any atom is 0.274 e. The number of halogens is 1. The molecule has 2 aromatic carbocycles. The smallest absolute Gasteiger partial charge is 0.274 e. The molecule has 27 heavy (non-hydrogen) atoms. The maximum absolute atomic E-state index is 12.7. The number of benzene rings is 2. The van der Waals surface area contributed by atoms with Crippen LogP contribution in [0.1, 0.15) is 23.7 Å². The Kier molecular flexibility index (Phi) is 4.70. The van der Waals surface area contributed by atoms with Crippen molar-refractivity contribution in [3.63, 3.8) is 0 Å². The third-order valence-corrected chi connectivity index (χ3v) is 5.20. The molecule has 6 nitrogen and oxygen atoms in total. The van der Waals surface area contributed by atoms with Gasteiger partial charge in [0.1, 0.15) is 5.75 Å². The summed E-state index contributed by atoms with van der Waals surface area (Å²) in [4.78, 5) is 25.0. The molecule has 1 aromatic heterocycles. The van der Waals surface area contributed by atoms with Gasteiger partial charge in [-0.3, -0.25) is 9.59 Å². The van der Waals surface area contributed by atoms with Gasteiger partial charge in [0.25, 0.3) is 5.56 Å². The van der Waals surface area contributed by atoms with E-state index in [1.807, 2.05) is 36.4 Å². The van der Waals surface area contributed by atoms with Crippen LogP contribution in [0.2, 0.25) is 0 Å². The van der Waals surface area contributed by atoms with Crippen molar-refractivity contribution in [2.24, 2.45) is 7.05 Å². The molecule has 3 aromatic rings. The number of rotatable bonds is 3. The normalized spacial score (nSPS) is 15.9. The van der Waals surface area contributed by atoms with Gasteiger partial charge in [0, 0.05) is 28.9 Å². The molecule has 1 amide bonds. The van der Waals surface area contributed by atoms with Gasteiger partial charge in [-0.1, -0.05) is 34.1 Å². The van der Waals surface area contributed by atoms with E-state index in [0.717, 1.165) is 15.8 Å². The number of hydrogen-bond acceptors (Lipinski definition) is 4. The number of nitrogens with zero attached hydrogens (tertiary/aromatic N) is 2. The molecule has 0 radical (unpaired) electrons. The van der Waals surface area contributed by atoms with Crippen molar-refractivity contribution in [2.45, 2.75) is 18.9 Å². The van der Waals surface area contributed by atoms with Crippen LogP contribution < -0.4 is 15.6 Å². The highest BCUT2D eigenvalue weighted by molar-refractivity contribution is 9.10. The fraction of sp³-hybridized carbons (Fsp3) is 0.250. The zero-order valence-electron chi connectivity index (χ0n) is 14.7. The van der Waals surface area contributed by atoms with Crippen LogP contribution in [0.5, 0.6) is 5.75 Å². The highest BCUT2D eigenvalue weighted by atomic mass is 79.9. The molecule has 1 atom stereocenters. The first-order chi connectivity index (χ1) is 13.0. The lowest BCUT2D eigenvalue weighted by Gasteiger charge is -2.27. The lowest BCUT2D eigenvalue weighted by molar-refractivity contribution is -0.121. The number of ether oxygens (including phenoxy) is 1. The molecule has 0 saturated heterocycles. The first-order valence-corrected chi connectivity index (χ1v) is 9.49. The Balaban J connectivity index is 1.60. The molecule has 4 rings (SSSR count). The van der Waals surface area contributed by atoms with Gasteiger partial charge in [-0.2, -0.15) is 5.10 Å². The molecule has 1 unspecified atom stereocenters. The first kappa shape index (κ1) is 17.7. The third kappa shape index (κ3) is 3.47. The van der Waals surface area contributed by atoms with Gasteiger partial charge in [0.2, 0.25) is 5.91 Å². The van der Waals surface area contributed by atoms with Crippen LogP contribution in [-0.4, -0.2) is 22.3 Å². The fourth-order valence-corrected chi connectivity index (χ4v) is 3.80. The summed E-state index contributed by atoms with van der Waals surface area (Å²) in [5.74, 6) is 0.657. The van der Waals surface area contributed by atoms with E-state index in [-0.39, 0.29) is 23.9 Å². The van der Waals surface area contributed by atoms with Crippen LogP contribution in [0.15, 0.2) is 51.7 Å². The monoisotopic (exact) mass is 427 g/mol. The van der Waals surface area contributed by atoms with E-state index in [4.69, 9.17) is 4.74 Å². The number of amides is 1. The van der Waals surface area contributed by atoms with Crippen molar-refractivity contribution in [1.29, 1.82) is 0 Å². The van der Waals surface area contributed by atoms with Crippen LogP contribution in [0.4, 0.5) is 0 Å². The minimum Gasteiger partial charge on any atom is -0.493 e. The average Bonchev–Trinajstić information content (AvgIpc) is 2.66. The second-order valence-electron chi connectivity index (χ2n) is 6.54. The highest BCUT2D eigenvalue weighted by Gasteiger charge is 2.24. The molecule has 0 spiro atoms. The fourth-order valence-electron chi connectivity index (χ4n) is 3.42. The molecule has 1 aliphatic rings. The van der Waals surface area contributed by atoms with Crippen molar-refractivity contribution in [1.82, 2.24) is 15.1 Å². The van der Waals surface area contributed by atoms with E-state index < -0.39 is 0 Å². The van der Waals surface area contributed by atoms with Crippen molar-refractivity contribution < 1.29 is 9.53 Å². The molecule has 2 heterocycles. The van der Waals surface area contributed by atoms with Gasteiger partial charge in [-0.25, -0.2) is 4.68 Å². The molecule has 1 N–H and O–H groups in total. The maximum atomic E-state index is 12.7. The Morgan fingerprint density at radius 2 is 2.07 bits per heavy atom. The van der Waals surface area contributed by atoms with Crippen molar-refractivity contribution in [2.75, 3.05) is 6.61 Å². The number of aryl methyl sites for hydroxylation is 1. The van der Waals surface area contributed by atoms with Gasteiger partial charge >= 0.3 is 0 Å². The third-order valence-electron chi connectivity index (χ3n) is 4.71. The summed E-state index contributed by atoms with van der Waals surface area (Å²) in [7, 11) is 1.60. The van der Waals surface area contributed by atoms with E-state index in [2.05, 4.69) is 26.3 Å². The van der Waals surface area contributed by atoms with Gasteiger partial charge in [0.15, 0.2) is 0 Å². The van der Waals surface area contributed by atoms with Gasteiger partial charge in [-0.15, -0.1) is 0 Å². The number of carbonyl (C=O) groups excluding carboxylic acids is 1. The molecule has 7 heteroatoms. The summed E-state index contributed by atoms with van der Waals surface area (Å²) in [6, 6.07) is 12.9. The zero-order valence-corrected chi connectivity index (χ0v) is 16.3. The standard InChI is InChI=1S/C20H18BrN3O3/c1-24-20(26)14-5-3-2-4-13(14)17(23-24)11-19(25)22-16-8-9-27-18-7-6-12(21)10-15(16)18/h2-7,10,16H,8-9,11H2,1H3,(H,22,25). The van der Waals surface area contributed by atoms with Crippen LogP contribution in [0.3, 0.4) is 0 Å². The van der Waals surface area contributed by atoms with Gasteiger partial charge in [0.05, 0.1) is 30.1 Å². The predicted molar refractivity (Wildman–Crippen MR) is 106 cm³/mol. The molecular weight excluding hydrogens is 410 g/mol. The molecule has 0 fully saturated rings. The summed E-state index contributed by atoms with van der Waals surface area (Å²) < 4.78 is 7.90. The Morgan fingerprint density at radius 1 is 1.30 bits per heavy atom. The Hall–Kier alpha value is -2.67. The summed E-state index contributed by atoms with van der Waals surface area (Å²) in [5, 5.41) is 8.67. The predicted octanol–water partition coefficient (Wildman–Crippen LogP) is 2.88. The van der Waals surface area contributed by atoms with Crippen LogP contribution >= 0.6 is 15.9 Å². The second kappa shape index (κ2) is 7.15. The summed E-state index contributed by atoms with van der Waals surface area (Å²) in [6.45, 7) is 0.556. The van der Waals surface area contributed by atoms with Crippen molar-refractivity contribution in [3.8, 4) is 5.75 Å². The summed E-state index contributed by atoms with van der Waals surface area (Å²) in [6.07, 6.45) is 0.811. The highest BCUT2D eigenvalue weighted by Crippen LogP contribution is 2.34. The lowest BCUT2D eigenvalue weighted by atomic mass is 10.00. The molecule has 0 bridgehead atoms. The van der Waals surface area contributed by atoms with Crippen LogP contribution in [-0.2, 0) is 18.3 Å². The number of carbonyl (C=O) groups is 1. The van der Waals surface area contributed by atoms with E-state index in [1.54, 1.807) is 13.1 Å². The van der Waals surface area contributed by atoms with Gasteiger partial charge in [-0.05, 0) is 24.3 Å². The van der Waals surface area contributed by atoms with E-state index >= 15 is 0 Å². The minimum atomic E-state index is -0.169. The molecule has 0 saturated carbocycles. The Morgan fingerprint density at radius 3 is 2.89 bits per heavy atom. The van der Waals surface area contributed by atoms with Crippen LogP contribution in [0, 0.1) is 0 Å². The molecule has 138 valence electrons. The number of nitrogens with one attached hydrogen (secondary N) is 1. The number of aromatic nitrogens is 2. The molecule has 1 aliphatic heterocycles. The van der Waals surface area contributed by atoms with Crippen molar-refractivity contribution >= 4 is 32.6 Å². The molecular formula is C20H18BrN3O3. The van der Waals surface area contributed by atoms with E-state index in [1.165, 1.54) is 4.68 Å². The number of hydrogen-bond donors (Lipinski definition) is 1.